The fraction of sp³-hybridized carbons (Fsp3) is 0.750. The maximum atomic E-state index is 12.0. The number of hydrogen-bond donors (Lipinski definition) is 3. The van der Waals surface area contributed by atoms with Crippen molar-refractivity contribution in [1.29, 1.82) is 0 Å². The summed E-state index contributed by atoms with van der Waals surface area (Å²) in [6.07, 6.45) is 0.642. The summed E-state index contributed by atoms with van der Waals surface area (Å²) >= 11 is 0. The Kier molecular flexibility index (Phi) is 10.2. The van der Waals surface area contributed by atoms with E-state index in [2.05, 4.69) is 15.3 Å². The second-order valence-corrected chi connectivity index (χ2v) is 4.55. The first-order chi connectivity index (χ1) is 10.4. The van der Waals surface area contributed by atoms with E-state index in [-0.39, 0.29) is 32.5 Å². The molecule has 22 heavy (non-hydrogen) atoms. The third-order valence-corrected chi connectivity index (χ3v) is 2.71. The van der Waals surface area contributed by atoms with Crippen molar-refractivity contribution in [3.8, 4) is 0 Å². The number of carboxylic acids is 1. The van der Waals surface area contributed by atoms with Crippen molar-refractivity contribution in [3.05, 3.63) is 10.4 Å². The van der Waals surface area contributed by atoms with E-state index >= 15 is 0 Å². The van der Waals surface area contributed by atoms with Crippen LogP contribution in [-0.2, 0) is 19.1 Å². The molecular formula is C12H21N5O5. The first kappa shape index (κ1) is 19.7. The number of esters is 1. The number of carbonyl (C=O) groups is 3. The van der Waals surface area contributed by atoms with E-state index in [0.717, 1.165) is 0 Å². The highest BCUT2D eigenvalue weighted by Gasteiger charge is 2.23. The highest BCUT2D eigenvalue weighted by molar-refractivity contribution is 5.84. The van der Waals surface area contributed by atoms with Gasteiger partial charge in [-0.3, -0.25) is 14.4 Å². The Bertz CT molecular complexity index is 436. The molecule has 0 bridgehead atoms. The number of ether oxygens (including phenoxy) is 1. The van der Waals surface area contributed by atoms with Gasteiger partial charge in [-0.05, 0) is 18.4 Å². The van der Waals surface area contributed by atoms with Crippen molar-refractivity contribution >= 4 is 17.8 Å². The van der Waals surface area contributed by atoms with Crippen molar-refractivity contribution in [2.45, 2.75) is 32.2 Å². The topological polar surface area (TPSA) is 167 Å². The molecule has 0 aromatic carbocycles. The lowest BCUT2D eigenvalue weighted by atomic mass is 10.0. The summed E-state index contributed by atoms with van der Waals surface area (Å²) < 4.78 is 4.90. The predicted molar refractivity (Wildman–Crippen MR) is 76.6 cm³/mol. The number of carbonyl (C=O) groups excluding carboxylic acids is 2. The number of azide groups is 1. The van der Waals surface area contributed by atoms with Gasteiger partial charge in [0.1, 0.15) is 6.04 Å². The minimum atomic E-state index is -1.24. The second kappa shape index (κ2) is 11.4. The first-order valence-corrected chi connectivity index (χ1v) is 6.84. The molecule has 0 radical (unpaired) electrons. The lowest BCUT2D eigenvalue weighted by Crippen LogP contribution is -2.44. The SMILES string of the molecule is CCCOC(=O)CC(CCN=[N+]=[N-])C(=O)NC[C@H](N)C(=O)O. The fourth-order valence-corrected chi connectivity index (χ4v) is 1.50. The zero-order valence-corrected chi connectivity index (χ0v) is 12.4. The highest BCUT2D eigenvalue weighted by Crippen LogP contribution is 2.11. The monoisotopic (exact) mass is 315 g/mol. The van der Waals surface area contributed by atoms with Crippen LogP contribution in [0.5, 0.6) is 0 Å². The Hall–Kier alpha value is -2.32. The Morgan fingerprint density at radius 2 is 2.14 bits per heavy atom. The standard InChI is InChI=1S/C12H21N5O5/c1-2-5-22-10(18)6-8(3-4-16-17-14)11(19)15-7-9(13)12(20)21/h8-9H,2-7,13H2,1H3,(H,15,19)(H,20,21)/t8?,9-/m0/s1. The van der Waals surface area contributed by atoms with Crippen LogP contribution in [0.4, 0.5) is 0 Å². The highest BCUT2D eigenvalue weighted by atomic mass is 16.5. The van der Waals surface area contributed by atoms with Gasteiger partial charge in [0.15, 0.2) is 0 Å². The van der Waals surface area contributed by atoms with Gasteiger partial charge in [0.2, 0.25) is 5.91 Å². The third kappa shape index (κ3) is 8.77. The van der Waals surface area contributed by atoms with Gasteiger partial charge >= 0.3 is 11.9 Å². The summed E-state index contributed by atoms with van der Waals surface area (Å²) in [7, 11) is 0. The van der Waals surface area contributed by atoms with Crippen molar-refractivity contribution in [1.82, 2.24) is 5.32 Å². The smallest absolute Gasteiger partial charge is 0.322 e. The number of amides is 1. The molecule has 0 spiro atoms. The van der Waals surface area contributed by atoms with Gasteiger partial charge in [0.05, 0.1) is 13.0 Å². The van der Waals surface area contributed by atoms with Crippen molar-refractivity contribution < 1.29 is 24.2 Å². The Morgan fingerprint density at radius 3 is 2.68 bits per heavy atom. The number of rotatable bonds is 11. The maximum Gasteiger partial charge on any atom is 0.322 e. The number of nitrogens with zero attached hydrogens (tertiary/aromatic N) is 3. The molecule has 1 amide bonds. The summed E-state index contributed by atoms with van der Waals surface area (Å²) in [5.41, 5.74) is 13.5. The molecule has 2 atom stereocenters. The molecule has 0 aliphatic heterocycles. The lowest BCUT2D eigenvalue weighted by Gasteiger charge is -2.16. The second-order valence-electron chi connectivity index (χ2n) is 4.55. The molecule has 10 nitrogen and oxygen atoms in total. The van der Waals surface area contributed by atoms with E-state index in [4.69, 9.17) is 21.1 Å². The molecule has 0 heterocycles. The first-order valence-electron chi connectivity index (χ1n) is 6.84. The van der Waals surface area contributed by atoms with Gasteiger partial charge in [-0.2, -0.15) is 0 Å². The Balaban J connectivity index is 4.54. The van der Waals surface area contributed by atoms with E-state index in [1.165, 1.54) is 0 Å². The van der Waals surface area contributed by atoms with Gasteiger partial charge in [0, 0.05) is 23.9 Å². The number of aliphatic carboxylic acids is 1. The molecule has 0 aromatic heterocycles. The van der Waals surface area contributed by atoms with Crippen LogP contribution in [0.3, 0.4) is 0 Å². The van der Waals surface area contributed by atoms with E-state index in [9.17, 15) is 14.4 Å². The van der Waals surface area contributed by atoms with Gasteiger partial charge in [-0.1, -0.05) is 12.0 Å². The van der Waals surface area contributed by atoms with E-state index < -0.39 is 29.8 Å². The normalized spacial score (nSPS) is 12.6. The average Bonchev–Trinajstić information content (AvgIpc) is 2.49. The third-order valence-electron chi connectivity index (χ3n) is 2.71. The minimum absolute atomic E-state index is 0.0423. The molecular weight excluding hydrogens is 294 g/mol. The quantitative estimate of drug-likeness (QED) is 0.212. The van der Waals surface area contributed by atoms with Crippen molar-refractivity contribution in [3.63, 3.8) is 0 Å². The maximum absolute atomic E-state index is 12.0. The van der Waals surface area contributed by atoms with Gasteiger partial charge in [-0.25, -0.2) is 0 Å². The molecule has 10 heteroatoms. The summed E-state index contributed by atoms with van der Waals surface area (Å²) in [6.45, 7) is 1.89. The fourth-order valence-electron chi connectivity index (χ4n) is 1.50. The summed E-state index contributed by atoms with van der Waals surface area (Å²) in [4.78, 5) is 36.7. The molecule has 0 saturated heterocycles. The van der Waals surface area contributed by atoms with E-state index in [1.807, 2.05) is 6.92 Å². The van der Waals surface area contributed by atoms with Crippen LogP contribution in [-0.4, -0.2) is 48.7 Å². The Morgan fingerprint density at radius 1 is 1.45 bits per heavy atom. The number of hydrogen-bond acceptors (Lipinski definition) is 6. The summed E-state index contributed by atoms with van der Waals surface area (Å²) in [5.74, 6) is -3.08. The van der Waals surface area contributed by atoms with E-state index in [0.29, 0.717) is 6.42 Å². The van der Waals surface area contributed by atoms with Crippen LogP contribution in [0.1, 0.15) is 26.2 Å². The minimum Gasteiger partial charge on any atom is -0.480 e. The van der Waals surface area contributed by atoms with Gasteiger partial charge in [-0.15, -0.1) is 0 Å². The molecule has 124 valence electrons. The molecule has 0 aliphatic carbocycles. The number of nitrogens with two attached hydrogens (primary N) is 1. The largest absolute Gasteiger partial charge is 0.480 e. The van der Waals surface area contributed by atoms with Crippen molar-refractivity contribution in [2.75, 3.05) is 19.7 Å². The van der Waals surface area contributed by atoms with Crippen LogP contribution < -0.4 is 11.1 Å². The van der Waals surface area contributed by atoms with Gasteiger partial charge in [0.25, 0.3) is 0 Å². The zero-order valence-electron chi connectivity index (χ0n) is 12.4. The van der Waals surface area contributed by atoms with Crippen LogP contribution in [0.25, 0.3) is 10.4 Å². The number of carboxylic acid groups (broad SMARTS) is 1. The van der Waals surface area contributed by atoms with Crippen molar-refractivity contribution in [2.24, 2.45) is 16.8 Å². The van der Waals surface area contributed by atoms with Crippen LogP contribution in [0.15, 0.2) is 5.11 Å². The Labute approximate surface area is 127 Å². The van der Waals surface area contributed by atoms with E-state index in [1.54, 1.807) is 0 Å². The zero-order chi connectivity index (χ0) is 17.0. The average molecular weight is 315 g/mol. The molecule has 0 aromatic rings. The number of nitrogens with one attached hydrogen (secondary N) is 1. The van der Waals surface area contributed by atoms with Gasteiger partial charge < -0.3 is 20.9 Å². The molecule has 0 fully saturated rings. The molecule has 1 unspecified atom stereocenters. The predicted octanol–water partition coefficient (Wildman–Crippen LogP) is 0.174. The molecule has 4 N–H and O–H groups in total. The van der Waals surface area contributed by atoms with Crippen LogP contribution in [0, 0.1) is 5.92 Å². The van der Waals surface area contributed by atoms with Crippen LogP contribution in [0.2, 0.25) is 0 Å². The van der Waals surface area contributed by atoms with Crippen LogP contribution >= 0.6 is 0 Å². The summed E-state index contributed by atoms with van der Waals surface area (Å²) in [5, 5.41) is 14.3. The summed E-state index contributed by atoms with van der Waals surface area (Å²) in [6, 6.07) is -1.23. The molecule has 0 rings (SSSR count). The molecule has 0 aliphatic rings. The molecule has 0 saturated carbocycles. The lowest BCUT2D eigenvalue weighted by molar-refractivity contribution is -0.147.